The minimum atomic E-state index is -0.907. The number of aryl methyl sites for hydroxylation is 1. The number of nitrogens with one attached hydrogen (secondary N) is 1. The topological polar surface area (TPSA) is 104 Å². The number of halogens is 1. The van der Waals surface area contributed by atoms with E-state index < -0.39 is 6.04 Å². The summed E-state index contributed by atoms with van der Waals surface area (Å²) in [5.74, 6) is -0.585. The normalized spacial score (nSPS) is 17.6. The van der Waals surface area contributed by atoms with Gasteiger partial charge in [-0.3, -0.25) is 14.9 Å². The summed E-state index contributed by atoms with van der Waals surface area (Å²) in [7, 11) is 0. The number of imidazole rings is 1. The highest BCUT2D eigenvalue weighted by Gasteiger charge is 2.41. The highest BCUT2D eigenvalue weighted by Crippen LogP contribution is 2.40. The Bertz CT molecular complexity index is 1610. The number of fused-ring (bicyclic) bond motifs is 2. The molecule has 210 valence electrons. The number of carbonyl (C=O) groups is 2. The quantitative estimate of drug-likeness (QED) is 0.332. The van der Waals surface area contributed by atoms with Gasteiger partial charge in [-0.2, -0.15) is 0 Å². The molecule has 0 spiro atoms. The lowest BCUT2D eigenvalue weighted by atomic mass is 9.99. The lowest BCUT2D eigenvalue weighted by Crippen LogP contribution is -2.38. The van der Waals surface area contributed by atoms with Gasteiger partial charge in [0.25, 0.3) is 11.8 Å². The predicted octanol–water partition coefficient (Wildman–Crippen LogP) is 4.90. The Morgan fingerprint density at radius 3 is 2.66 bits per heavy atom. The minimum Gasteiger partial charge on any atom is -0.393 e. The van der Waals surface area contributed by atoms with Crippen molar-refractivity contribution in [3.63, 3.8) is 0 Å². The van der Waals surface area contributed by atoms with Crippen molar-refractivity contribution >= 4 is 45.6 Å². The number of carbonyl (C=O) groups excluding carboxylic acids is 2. The largest absolute Gasteiger partial charge is 0.393 e. The Morgan fingerprint density at radius 1 is 1.10 bits per heavy atom. The molecule has 2 N–H and O–H groups in total. The third kappa shape index (κ3) is 4.79. The van der Waals surface area contributed by atoms with Crippen LogP contribution in [-0.4, -0.2) is 55.5 Å². The number of anilines is 2. The van der Waals surface area contributed by atoms with E-state index in [4.69, 9.17) is 11.6 Å². The summed E-state index contributed by atoms with van der Waals surface area (Å²) < 4.78 is 2.06. The van der Waals surface area contributed by atoms with Crippen LogP contribution in [0.5, 0.6) is 0 Å². The van der Waals surface area contributed by atoms with E-state index in [2.05, 4.69) is 36.9 Å². The van der Waals surface area contributed by atoms with E-state index in [1.165, 1.54) is 11.3 Å². The van der Waals surface area contributed by atoms with Crippen LogP contribution in [0, 0.1) is 0 Å². The fourth-order valence-electron chi connectivity index (χ4n) is 6.15. The monoisotopic (exact) mass is 588 g/mol. The lowest BCUT2D eigenvalue weighted by molar-refractivity contribution is -0.121. The van der Waals surface area contributed by atoms with Crippen LogP contribution in [0.2, 0.25) is 5.02 Å². The number of hydrogen-bond acceptors (Lipinski definition) is 7. The summed E-state index contributed by atoms with van der Waals surface area (Å²) >= 11 is 8.13. The Morgan fingerprint density at radius 2 is 1.90 bits per heavy atom. The van der Waals surface area contributed by atoms with Crippen molar-refractivity contribution < 1.29 is 14.7 Å². The molecule has 3 aliphatic heterocycles. The van der Waals surface area contributed by atoms with E-state index in [0.717, 1.165) is 67.8 Å². The number of aliphatic hydroxyl groups excluding tert-OH is 1. The number of nitrogens with zero attached hydrogens (tertiary/aromatic N) is 5. The molecule has 1 fully saturated rings. The molecule has 7 rings (SSSR count). The first kappa shape index (κ1) is 26.2. The summed E-state index contributed by atoms with van der Waals surface area (Å²) in [6, 6.07) is 11.1. The van der Waals surface area contributed by atoms with E-state index >= 15 is 0 Å². The number of rotatable bonds is 6. The van der Waals surface area contributed by atoms with Gasteiger partial charge in [-0.25, -0.2) is 9.97 Å². The van der Waals surface area contributed by atoms with Crippen molar-refractivity contribution in [3.8, 4) is 11.1 Å². The van der Waals surface area contributed by atoms with E-state index in [9.17, 15) is 14.7 Å². The van der Waals surface area contributed by atoms with Gasteiger partial charge in [0.05, 0.1) is 18.1 Å². The molecule has 1 unspecified atom stereocenters. The van der Waals surface area contributed by atoms with Crippen molar-refractivity contribution in [2.24, 2.45) is 0 Å². The van der Waals surface area contributed by atoms with Gasteiger partial charge in [0, 0.05) is 65.3 Å². The third-order valence-corrected chi connectivity index (χ3v) is 9.34. The zero-order valence-electron chi connectivity index (χ0n) is 22.3. The van der Waals surface area contributed by atoms with Crippen LogP contribution >= 0.6 is 22.9 Å². The molecule has 41 heavy (non-hydrogen) atoms. The summed E-state index contributed by atoms with van der Waals surface area (Å²) in [5, 5.41) is 15.5. The molecule has 1 saturated heterocycles. The number of amides is 2. The Hall–Kier alpha value is -3.73. The van der Waals surface area contributed by atoms with Crippen molar-refractivity contribution in [3.05, 3.63) is 81.8 Å². The molecule has 0 radical (unpaired) electrons. The van der Waals surface area contributed by atoms with E-state index in [1.54, 1.807) is 22.8 Å². The van der Waals surface area contributed by atoms with Crippen LogP contribution in [0.1, 0.15) is 52.6 Å². The van der Waals surface area contributed by atoms with E-state index in [0.29, 0.717) is 27.0 Å². The highest BCUT2D eigenvalue weighted by molar-refractivity contribution is 7.13. The van der Waals surface area contributed by atoms with Crippen LogP contribution in [0.15, 0.2) is 54.3 Å². The number of aromatic nitrogens is 3. The second kappa shape index (κ2) is 10.6. The van der Waals surface area contributed by atoms with Crippen molar-refractivity contribution in [2.75, 3.05) is 23.3 Å². The molecule has 0 aliphatic carbocycles. The molecule has 0 bridgehead atoms. The molecular weight excluding hydrogens is 560 g/mol. The molecule has 1 atom stereocenters. The first-order valence-electron chi connectivity index (χ1n) is 13.9. The van der Waals surface area contributed by atoms with E-state index in [1.807, 2.05) is 24.3 Å². The van der Waals surface area contributed by atoms with Gasteiger partial charge in [0.15, 0.2) is 11.2 Å². The number of aliphatic hydroxyl groups is 1. The van der Waals surface area contributed by atoms with Crippen LogP contribution < -0.4 is 10.2 Å². The molecule has 2 amide bonds. The lowest BCUT2D eigenvalue weighted by Gasteiger charge is -2.31. The van der Waals surface area contributed by atoms with Gasteiger partial charge in [0.1, 0.15) is 0 Å². The van der Waals surface area contributed by atoms with Crippen molar-refractivity contribution in [1.29, 1.82) is 0 Å². The Kier molecular flexibility index (Phi) is 6.76. The first-order chi connectivity index (χ1) is 20.0. The highest BCUT2D eigenvalue weighted by atomic mass is 35.5. The molecule has 2 aromatic heterocycles. The maximum atomic E-state index is 14.0. The molecule has 4 aromatic rings. The molecule has 0 saturated carbocycles. The van der Waals surface area contributed by atoms with Gasteiger partial charge in [-0.15, -0.1) is 11.3 Å². The zero-order valence-corrected chi connectivity index (χ0v) is 23.9. The second-order valence-electron chi connectivity index (χ2n) is 10.8. The average Bonchev–Trinajstić information content (AvgIpc) is 3.78. The van der Waals surface area contributed by atoms with Gasteiger partial charge in [-0.05, 0) is 61.1 Å². The minimum absolute atomic E-state index is 0.218. The van der Waals surface area contributed by atoms with Gasteiger partial charge >= 0.3 is 0 Å². The maximum absolute atomic E-state index is 14.0. The summed E-state index contributed by atoms with van der Waals surface area (Å²) in [4.78, 5) is 40.3. The fourth-order valence-corrected chi connectivity index (χ4v) is 6.96. The van der Waals surface area contributed by atoms with Gasteiger partial charge in [-0.1, -0.05) is 23.7 Å². The van der Waals surface area contributed by atoms with Crippen LogP contribution in [0.25, 0.3) is 11.1 Å². The van der Waals surface area contributed by atoms with Crippen molar-refractivity contribution in [2.45, 2.75) is 50.9 Å². The molecule has 5 heterocycles. The molecular formula is C30H29ClN6O3S. The van der Waals surface area contributed by atoms with Crippen LogP contribution in [0.4, 0.5) is 10.8 Å². The molecule has 2 aromatic carbocycles. The standard InChI is InChI=1S/C30H29ClN6O3S/c31-24-15-19(18-3-5-20(6-4-18)35-11-7-21(38)8-12-35)14-22-23(24)16-37(29(22)40)27(28(39)34-30-32-9-13-41-30)26-25-2-1-10-36(25)17-33-26/h3-6,9,13-15,17,21,27,38H,1-2,7-8,10-12,16H2,(H,32,34,39). The third-order valence-electron chi connectivity index (χ3n) is 8.32. The smallest absolute Gasteiger partial charge is 0.255 e. The average molecular weight is 589 g/mol. The van der Waals surface area contributed by atoms with E-state index in [-0.39, 0.29) is 24.5 Å². The number of hydrogen-bond donors (Lipinski definition) is 2. The maximum Gasteiger partial charge on any atom is 0.255 e. The van der Waals surface area contributed by atoms with Crippen LogP contribution in [0.3, 0.4) is 0 Å². The SMILES string of the molecule is O=C(Nc1nccs1)C(c1ncn2c1CCC2)N1Cc2c(Cl)cc(-c3ccc(N4CCC(O)CC4)cc3)cc2C1=O. The van der Waals surface area contributed by atoms with Gasteiger partial charge < -0.3 is 19.5 Å². The zero-order chi connectivity index (χ0) is 28.1. The van der Waals surface area contributed by atoms with Crippen molar-refractivity contribution in [1.82, 2.24) is 19.4 Å². The summed E-state index contributed by atoms with van der Waals surface area (Å²) in [6.07, 6.45) is 6.50. The predicted molar refractivity (Wildman–Crippen MR) is 158 cm³/mol. The second-order valence-corrected chi connectivity index (χ2v) is 12.1. The van der Waals surface area contributed by atoms with Gasteiger partial charge in [0.2, 0.25) is 0 Å². The first-order valence-corrected chi connectivity index (χ1v) is 15.1. The molecule has 11 heteroatoms. The summed E-state index contributed by atoms with van der Waals surface area (Å²) in [6.45, 7) is 2.72. The number of benzene rings is 2. The Labute approximate surface area is 246 Å². The number of piperidine rings is 1. The Balaban J connectivity index is 1.19. The molecule has 9 nitrogen and oxygen atoms in total. The molecule has 3 aliphatic rings. The number of thiazole rings is 1. The fraction of sp³-hybridized carbons (Fsp3) is 0.333. The van der Waals surface area contributed by atoms with Crippen LogP contribution in [-0.2, 0) is 24.3 Å². The summed E-state index contributed by atoms with van der Waals surface area (Å²) in [5.41, 5.74) is 5.72.